The monoisotopic (exact) mass is 310 g/mol. The average Bonchev–Trinajstić information content (AvgIpc) is 2.40. The van der Waals surface area contributed by atoms with Crippen molar-refractivity contribution in [2.75, 3.05) is 33.8 Å². The van der Waals surface area contributed by atoms with Crippen molar-refractivity contribution in [3.05, 3.63) is 40.9 Å². The zero-order valence-corrected chi connectivity index (χ0v) is 13.6. The van der Waals surface area contributed by atoms with Gasteiger partial charge in [-0.25, -0.2) is 0 Å². The molecule has 0 aliphatic carbocycles. The molecular weight excluding hydrogens is 288 g/mol. The van der Waals surface area contributed by atoms with Gasteiger partial charge in [-0.1, -0.05) is 17.7 Å². The van der Waals surface area contributed by atoms with Gasteiger partial charge < -0.3 is 15.0 Å². The van der Waals surface area contributed by atoms with E-state index in [-0.39, 0.29) is 5.91 Å². The summed E-state index contributed by atoms with van der Waals surface area (Å²) in [6, 6.07) is 5.54. The molecule has 0 atom stereocenters. The lowest BCUT2D eigenvalue weighted by Gasteiger charge is -2.09. The van der Waals surface area contributed by atoms with E-state index in [4.69, 9.17) is 16.3 Å². The summed E-state index contributed by atoms with van der Waals surface area (Å²) in [5.74, 6) is 0.760. The number of carbonyl (C=O) groups is 1. The third kappa shape index (κ3) is 7.73. The lowest BCUT2D eigenvalue weighted by Crippen LogP contribution is -2.24. The van der Waals surface area contributed by atoms with E-state index < -0.39 is 0 Å². The van der Waals surface area contributed by atoms with E-state index in [9.17, 15) is 4.79 Å². The van der Waals surface area contributed by atoms with Gasteiger partial charge in [0.1, 0.15) is 5.75 Å². The molecule has 4 nitrogen and oxygen atoms in total. The highest BCUT2D eigenvalue weighted by Gasteiger charge is 2.00. The van der Waals surface area contributed by atoms with Gasteiger partial charge in [0.05, 0.1) is 6.61 Å². The largest absolute Gasteiger partial charge is 0.493 e. The molecule has 0 heterocycles. The van der Waals surface area contributed by atoms with Crippen molar-refractivity contribution >= 4 is 17.5 Å². The molecule has 21 heavy (non-hydrogen) atoms. The maximum absolute atomic E-state index is 11.5. The Balaban J connectivity index is 2.17. The number of hydrogen-bond donors (Lipinski definition) is 1. The Morgan fingerprint density at radius 1 is 1.43 bits per heavy atom. The summed E-state index contributed by atoms with van der Waals surface area (Å²) in [5.41, 5.74) is 1.01. The fraction of sp³-hybridized carbons (Fsp3) is 0.438. The fourth-order valence-corrected chi connectivity index (χ4v) is 1.90. The van der Waals surface area contributed by atoms with Crippen LogP contribution in [0.2, 0.25) is 5.02 Å². The maximum atomic E-state index is 11.5. The summed E-state index contributed by atoms with van der Waals surface area (Å²) in [6.45, 7) is 3.87. The Labute approximate surface area is 131 Å². The Bertz CT molecular complexity index is 487. The van der Waals surface area contributed by atoms with Gasteiger partial charge in [0.25, 0.3) is 0 Å². The van der Waals surface area contributed by atoms with Gasteiger partial charge >= 0.3 is 0 Å². The van der Waals surface area contributed by atoms with E-state index in [1.54, 1.807) is 12.1 Å². The van der Waals surface area contributed by atoms with Gasteiger partial charge in [-0.05, 0) is 51.2 Å². The number of rotatable bonds is 8. The molecule has 0 saturated heterocycles. The first kappa shape index (κ1) is 17.5. The number of hydrogen-bond acceptors (Lipinski definition) is 3. The molecule has 0 spiro atoms. The second-order valence-electron chi connectivity index (χ2n) is 5.07. The summed E-state index contributed by atoms with van der Waals surface area (Å²) >= 11 is 5.88. The van der Waals surface area contributed by atoms with Crippen LogP contribution in [0.5, 0.6) is 5.75 Å². The van der Waals surface area contributed by atoms with E-state index in [0.29, 0.717) is 18.2 Å². The van der Waals surface area contributed by atoms with E-state index >= 15 is 0 Å². The Hall–Kier alpha value is -1.52. The minimum atomic E-state index is -0.0699. The highest BCUT2D eigenvalue weighted by molar-refractivity contribution is 6.30. The van der Waals surface area contributed by atoms with Gasteiger partial charge in [-0.3, -0.25) is 4.79 Å². The van der Waals surface area contributed by atoms with Crippen molar-refractivity contribution in [2.45, 2.75) is 13.3 Å². The van der Waals surface area contributed by atoms with Crippen molar-refractivity contribution in [2.24, 2.45) is 0 Å². The molecule has 1 rings (SSSR count). The highest BCUT2D eigenvalue weighted by atomic mass is 35.5. The van der Waals surface area contributed by atoms with E-state index in [2.05, 4.69) is 5.32 Å². The lowest BCUT2D eigenvalue weighted by molar-refractivity contribution is -0.116. The molecule has 1 amide bonds. The number of aryl methyl sites for hydroxylation is 1. The molecule has 0 saturated carbocycles. The summed E-state index contributed by atoms with van der Waals surface area (Å²) in [5, 5.41) is 3.53. The molecule has 1 N–H and O–H groups in total. The molecule has 0 bridgehead atoms. The van der Waals surface area contributed by atoms with Crippen LogP contribution in [-0.2, 0) is 4.79 Å². The molecule has 0 fully saturated rings. The molecule has 1 aromatic carbocycles. The third-order valence-corrected chi connectivity index (χ3v) is 2.99. The highest BCUT2D eigenvalue weighted by Crippen LogP contribution is 2.21. The van der Waals surface area contributed by atoms with Gasteiger partial charge in [0.15, 0.2) is 0 Å². The number of amides is 1. The predicted molar refractivity (Wildman–Crippen MR) is 87.0 cm³/mol. The number of carbonyl (C=O) groups excluding carboxylic acids is 1. The third-order valence-electron chi connectivity index (χ3n) is 2.75. The van der Waals surface area contributed by atoms with Crippen molar-refractivity contribution in [3.8, 4) is 5.75 Å². The average molecular weight is 311 g/mol. The lowest BCUT2D eigenvalue weighted by atomic mass is 10.2. The number of likely N-dealkylation sites (N-methyl/N-ethyl adjacent to an activating group) is 1. The standard InChI is InChI=1S/C16H23ClN2O2/c1-13-12-14(17)7-8-15(13)21-11-5-9-18-16(20)6-4-10-19(2)3/h4,6-8,12H,5,9-11H2,1-3H3,(H,18,20)/b6-4+. The molecular formula is C16H23ClN2O2. The second-order valence-corrected chi connectivity index (χ2v) is 5.50. The van der Waals surface area contributed by atoms with Gasteiger partial charge in [-0.2, -0.15) is 0 Å². The number of halogens is 1. The minimum absolute atomic E-state index is 0.0699. The minimum Gasteiger partial charge on any atom is -0.493 e. The normalized spacial score (nSPS) is 11.1. The Morgan fingerprint density at radius 2 is 2.19 bits per heavy atom. The van der Waals surface area contributed by atoms with Gasteiger partial charge in [-0.15, -0.1) is 0 Å². The molecule has 0 radical (unpaired) electrons. The van der Waals surface area contributed by atoms with Crippen molar-refractivity contribution in [1.82, 2.24) is 10.2 Å². The topological polar surface area (TPSA) is 41.6 Å². The van der Waals surface area contributed by atoms with Crippen LogP contribution in [0.1, 0.15) is 12.0 Å². The molecule has 5 heteroatoms. The summed E-state index contributed by atoms with van der Waals surface area (Å²) in [4.78, 5) is 13.5. The van der Waals surface area contributed by atoms with Crippen LogP contribution < -0.4 is 10.1 Å². The predicted octanol–water partition coefficient (Wildman–Crippen LogP) is 2.65. The molecule has 0 unspecified atom stereocenters. The zero-order valence-electron chi connectivity index (χ0n) is 12.9. The van der Waals surface area contributed by atoms with Crippen LogP contribution in [0.4, 0.5) is 0 Å². The van der Waals surface area contributed by atoms with Gasteiger partial charge in [0, 0.05) is 24.2 Å². The second kappa shape index (κ2) is 9.42. The van der Waals surface area contributed by atoms with E-state index in [0.717, 1.165) is 24.3 Å². The van der Waals surface area contributed by atoms with E-state index in [1.165, 1.54) is 0 Å². The van der Waals surface area contributed by atoms with Crippen molar-refractivity contribution in [1.29, 1.82) is 0 Å². The number of nitrogens with one attached hydrogen (secondary N) is 1. The van der Waals surface area contributed by atoms with Crippen LogP contribution in [0.25, 0.3) is 0 Å². The smallest absolute Gasteiger partial charge is 0.243 e. The Morgan fingerprint density at radius 3 is 2.86 bits per heavy atom. The van der Waals surface area contributed by atoms with Crippen molar-refractivity contribution in [3.63, 3.8) is 0 Å². The molecule has 1 aromatic rings. The zero-order chi connectivity index (χ0) is 15.7. The van der Waals surface area contributed by atoms with Crippen LogP contribution in [0.3, 0.4) is 0 Å². The van der Waals surface area contributed by atoms with Crippen LogP contribution >= 0.6 is 11.6 Å². The fourth-order valence-electron chi connectivity index (χ4n) is 1.67. The number of ether oxygens (including phenoxy) is 1. The molecule has 0 aliphatic rings. The molecule has 0 aliphatic heterocycles. The van der Waals surface area contributed by atoms with Crippen molar-refractivity contribution < 1.29 is 9.53 Å². The van der Waals surface area contributed by atoms with Crippen LogP contribution in [0, 0.1) is 6.92 Å². The first-order chi connectivity index (χ1) is 9.99. The first-order valence-corrected chi connectivity index (χ1v) is 7.35. The Kier molecular flexibility index (Phi) is 7.87. The molecule has 0 aromatic heterocycles. The summed E-state index contributed by atoms with van der Waals surface area (Å²) in [7, 11) is 3.91. The SMILES string of the molecule is Cc1cc(Cl)ccc1OCCCNC(=O)/C=C/CN(C)C. The maximum Gasteiger partial charge on any atom is 0.243 e. The van der Waals surface area contributed by atoms with Crippen LogP contribution in [-0.4, -0.2) is 44.6 Å². The molecule has 116 valence electrons. The quantitative estimate of drug-likeness (QED) is 0.593. The van der Waals surface area contributed by atoms with Gasteiger partial charge in [0.2, 0.25) is 5.91 Å². The summed E-state index contributed by atoms with van der Waals surface area (Å²) < 4.78 is 5.65. The summed E-state index contributed by atoms with van der Waals surface area (Å²) in [6.07, 6.45) is 4.16. The number of benzene rings is 1. The number of nitrogens with zero attached hydrogens (tertiary/aromatic N) is 1. The first-order valence-electron chi connectivity index (χ1n) is 6.97. The van der Waals surface area contributed by atoms with E-state index in [1.807, 2.05) is 44.1 Å². The van der Waals surface area contributed by atoms with Crippen LogP contribution in [0.15, 0.2) is 30.4 Å².